The lowest BCUT2D eigenvalue weighted by Crippen LogP contribution is -2.38. The van der Waals surface area contributed by atoms with E-state index in [1.807, 2.05) is 0 Å². The van der Waals surface area contributed by atoms with Crippen molar-refractivity contribution in [3.8, 4) is 11.3 Å². The number of sulfonamides is 1. The highest BCUT2D eigenvalue weighted by Gasteiger charge is 2.30. The summed E-state index contributed by atoms with van der Waals surface area (Å²) >= 11 is 0. The molecule has 0 aliphatic heterocycles. The van der Waals surface area contributed by atoms with Crippen LogP contribution in [0.2, 0.25) is 0 Å². The summed E-state index contributed by atoms with van der Waals surface area (Å²) in [5.74, 6) is -0.322. The van der Waals surface area contributed by atoms with E-state index in [2.05, 4.69) is 9.71 Å². The Hall–Kier alpha value is -3.50. The van der Waals surface area contributed by atoms with Crippen LogP contribution in [0.25, 0.3) is 22.2 Å². The molecule has 2 aromatic carbocycles. The van der Waals surface area contributed by atoms with E-state index in [-0.39, 0.29) is 17.3 Å². The number of ketones is 1. The van der Waals surface area contributed by atoms with Gasteiger partial charge in [-0.25, -0.2) is 8.42 Å². The monoisotopic (exact) mass is 502 g/mol. The highest BCUT2D eigenvalue weighted by atomic mass is 32.2. The van der Waals surface area contributed by atoms with Gasteiger partial charge < -0.3 is 4.42 Å². The Kier molecular flexibility index (Phi) is 6.77. The third kappa shape index (κ3) is 5.77. The molecule has 0 radical (unpaired) electrons. The molecule has 0 amide bonds. The minimum Gasteiger partial charge on any atom is -0.443 e. The molecule has 35 heavy (non-hydrogen) atoms. The first-order chi connectivity index (χ1) is 16.5. The number of para-hydroxylation sites is 1. The molecular formula is C25H21F3N2O4S. The van der Waals surface area contributed by atoms with Crippen LogP contribution in [-0.2, 0) is 27.4 Å². The number of nitrogens with zero attached hydrogens (tertiary/aromatic N) is 1. The van der Waals surface area contributed by atoms with E-state index in [0.717, 1.165) is 17.7 Å². The number of aryl methyl sites for hydroxylation is 1. The molecule has 0 saturated heterocycles. The summed E-state index contributed by atoms with van der Waals surface area (Å²) in [6.07, 6.45) is -2.54. The standard InChI is InChI=1S/C25H21F3N2O4S/c1-16(30-35(32,33)24-15-19-4-2-3-5-23(19)34-24)22(31)11-6-17-12-13-29-21(14-17)18-7-9-20(10-8-18)25(26,27)28/h2-5,7-10,12-16,30H,6,11H2,1H3/t16-/m0/s1. The van der Waals surface area contributed by atoms with Crippen LogP contribution in [0.15, 0.2) is 82.4 Å². The van der Waals surface area contributed by atoms with Crippen molar-refractivity contribution in [2.45, 2.75) is 37.1 Å². The van der Waals surface area contributed by atoms with Crippen LogP contribution < -0.4 is 4.72 Å². The number of nitrogens with one attached hydrogen (secondary N) is 1. The largest absolute Gasteiger partial charge is 0.443 e. The van der Waals surface area contributed by atoms with Crippen LogP contribution in [0.5, 0.6) is 0 Å². The molecule has 0 fully saturated rings. The highest BCUT2D eigenvalue weighted by Crippen LogP contribution is 2.30. The maximum atomic E-state index is 12.8. The van der Waals surface area contributed by atoms with Gasteiger partial charge in [-0.3, -0.25) is 9.78 Å². The molecular weight excluding hydrogens is 481 g/mol. The van der Waals surface area contributed by atoms with Gasteiger partial charge >= 0.3 is 6.18 Å². The van der Waals surface area contributed by atoms with Crippen molar-refractivity contribution >= 4 is 26.8 Å². The van der Waals surface area contributed by atoms with Crippen molar-refractivity contribution in [2.75, 3.05) is 0 Å². The number of furan rings is 1. The average Bonchev–Trinajstić information content (AvgIpc) is 3.27. The maximum absolute atomic E-state index is 12.8. The summed E-state index contributed by atoms with van der Waals surface area (Å²) in [5.41, 5.74) is 1.41. The zero-order valence-corrected chi connectivity index (χ0v) is 19.4. The lowest BCUT2D eigenvalue weighted by atomic mass is 10.0. The number of hydrogen-bond acceptors (Lipinski definition) is 5. The molecule has 1 N–H and O–H groups in total. The minimum absolute atomic E-state index is 0.0558. The third-order valence-corrected chi connectivity index (χ3v) is 6.87. The first-order valence-corrected chi connectivity index (χ1v) is 12.2. The van der Waals surface area contributed by atoms with Crippen molar-refractivity contribution < 1.29 is 30.8 Å². The zero-order valence-electron chi connectivity index (χ0n) is 18.5. The molecule has 0 bridgehead atoms. The van der Waals surface area contributed by atoms with Crippen molar-refractivity contribution in [3.05, 3.63) is 84.1 Å². The fraction of sp³-hybridized carbons (Fsp3) is 0.200. The lowest BCUT2D eigenvalue weighted by molar-refractivity contribution is -0.137. The van der Waals surface area contributed by atoms with Gasteiger partial charge in [0.15, 0.2) is 5.78 Å². The Morgan fingerprint density at radius 2 is 1.77 bits per heavy atom. The van der Waals surface area contributed by atoms with E-state index < -0.39 is 27.8 Å². The van der Waals surface area contributed by atoms with E-state index >= 15 is 0 Å². The van der Waals surface area contributed by atoms with Crippen molar-refractivity contribution in [2.24, 2.45) is 0 Å². The fourth-order valence-electron chi connectivity index (χ4n) is 3.55. The lowest BCUT2D eigenvalue weighted by Gasteiger charge is -2.12. The number of aromatic nitrogens is 1. The van der Waals surface area contributed by atoms with Gasteiger partial charge in [0.25, 0.3) is 10.0 Å². The number of carbonyl (C=O) groups is 1. The first kappa shape index (κ1) is 24.6. The van der Waals surface area contributed by atoms with Gasteiger partial charge in [-0.05, 0) is 49.2 Å². The molecule has 6 nitrogen and oxygen atoms in total. The Morgan fingerprint density at radius 1 is 1.06 bits per heavy atom. The number of halogens is 3. The summed E-state index contributed by atoms with van der Waals surface area (Å²) < 4.78 is 71.4. The van der Waals surface area contributed by atoms with Crippen LogP contribution >= 0.6 is 0 Å². The average molecular weight is 503 g/mol. The number of rotatable bonds is 8. The summed E-state index contributed by atoms with van der Waals surface area (Å²) in [4.78, 5) is 16.8. The Morgan fingerprint density at radius 3 is 2.46 bits per heavy atom. The third-order valence-electron chi connectivity index (χ3n) is 5.48. The van der Waals surface area contributed by atoms with Crippen molar-refractivity contribution in [3.63, 3.8) is 0 Å². The van der Waals surface area contributed by atoms with Gasteiger partial charge in [-0.15, -0.1) is 0 Å². The first-order valence-electron chi connectivity index (χ1n) is 10.7. The summed E-state index contributed by atoms with van der Waals surface area (Å²) in [6, 6.07) is 15.3. The van der Waals surface area contributed by atoms with Crippen molar-refractivity contribution in [1.82, 2.24) is 9.71 Å². The molecule has 4 rings (SSSR count). The van der Waals surface area contributed by atoms with Gasteiger partial charge in [-0.2, -0.15) is 17.9 Å². The van der Waals surface area contributed by atoms with E-state index in [0.29, 0.717) is 28.6 Å². The smallest absolute Gasteiger partial charge is 0.416 e. The molecule has 4 aromatic rings. The van der Waals surface area contributed by atoms with Gasteiger partial charge in [0.05, 0.1) is 17.3 Å². The van der Waals surface area contributed by atoms with E-state index in [4.69, 9.17) is 4.42 Å². The minimum atomic E-state index is -4.42. The molecule has 2 heterocycles. The van der Waals surface area contributed by atoms with Crippen LogP contribution in [0.1, 0.15) is 24.5 Å². The van der Waals surface area contributed by atoms with Crippen LogP contribution in [-0.4, -0.2) is 25.2 Å². The Balaban J connectivity index is 1.39. The number of fused-ring (bicyclic) bond motifs is 1. The summed E-state index contributed by atoms with van der Waals surface area (Å²) in [6.45, 7) is 1.46. The highest BCUT2D eigenvalue weighted by molar-refractivity contribution is 7.89. The zero-order chi connectivity index (χ0) is 25.2. The molecule has 0 spiro atoms. The van der Waals surface area contributed by atoms with Crippen LogP contribution in [0, 0.1) is 0 Å². The number of benzene rings is 2. The van der Waals surface area contributed by atoms with E-state index in [1.165, 1.54) is 31.3 Å². The SMILES string of the molecule is C[C@H](NS(=O)(=O)c1cc2ccccc2o1)C(=O)CCc1ccnc(-c2ccc(C(F)(F)F)cc2)c1. The number of hydrogen-bond donors (Lipinski definition) is 1. The molecule has 182 valence electrons. The predicted molar refractivity (Wildman–Crippen MR) is 124 cm³/mol. The predicted octanol–water partition coefficient (Wildman–Crippen LogP) is 5.38. The van der Waals surface area contributed by atoms with E-state index in [1.54, 1.807) is 36.4 Å². The van der Waals surface area contributed by atoms with Gasteiger partial charge in [0.2, 0.25) is 5.09 Å². The molecule has 0 aliphatic carbocycles. The van der Waals surface area contributed by atoms with Crippen LogP contribution in [0.3, 0.4) is 0 Å². The van der Waals surface area contributed by atoms with Crippen LogP contribution in [0.4, 0.5) is 13.2 Å². The second kappa shape index (κ2) is 9.63. The molecule has 0 saturated carbocycles. The molecule has 0 unspecified atom stereocenters. The number of pyridine rings is 1. The van der Waals surface area contributed by atoms with Gasteiger partial charge in [0.1, 0.15) is 5.58 Å². The number of carbonyl (C=O) groups excluding carboxylic acids is 1. The summed E-state index contributed by atoms with van der Waals surface area (Å²) in [7, 11) is -4.03. The molecule has 0 aliphatic rings. The number of alkyl halides is 3. The van der Waals surface area contributed by atoms with Gasteiger partial charge in [0, 0.05) is 29.6 Å². The quantitative estimate of drug-likeness (QED) is 0.349. The summed E-state index contributed by atoms with van der Waals surface area (Å²) in [5, 5.41) is 0.363. The Labute approximate surface area is 199 Å². The second-order valence-corrected chi connectivity index (χ2v) is 9.68. The Bertz CT molecular complexity index is 1430. The fourth-order valence-corrected chi connectivity index (χ4v) is 4.74. The number of Topliss-reactive ketones (excluding diaryl/α,β-unsaturated/α-hetero) is 1. The maximum Gasteiger partial charge on any atom is 0.416 e. The topological polar surface area (TPSA) is 89.3 Å². The molecule has 1 atom stereocenters. The molecule has 10 heteroatoms. The van der Waals surface area contributed by atoms with Gasteiger partial charge in [-0.1, -0.05) is 30.3 Å². The second-order valence-electron chi connectivity index (χ2n) is 8.04. The van der Waals surface area contributed by atoms with E-state index in [9.17, 15) is 26.4 Å². The van der Waals surface area contributed by atoms with Crippen molar-refractivity contribution in [1.29, 1.82) is 0 Å². The molecule has 2 aromatic heterocycles. The normalized spacial score (nSPS) is 13.1.